The predicted molar refractivity (Wildman–Crippen MR) is 81.4 cm³/mol. The number of ether oxygens (including phenoxy) is 1. The summed E-state index contributed by atoms with van der Waals surface area (Å²) in [6.07, 6.45) is 4.46. The monoisotopic (exact) mass is 268 g/mol. The molecule has 1 atom stereocenters. The summed E-state index contributed by atoms with van der Waals surface area (Å²) >= 11 is 0. The van der Waals surface area contributed by atoms with Gasteiger partial charge in [0.1, 0.15) is 12.4 Å². The maximum absolute atomic E-state index is 12.7. The summed E-state index contributed by atoms with van der Waals surface area (Å²) in [5.74, 6) is 0.482. The van der Waals surface area contributed by atoms with E-state index in [1.165, 1.54) is 0 Å². The van der Waals surface area contributed by atoms with E-state index in [1.54, 1.807) is 6.08 Å². The molecule has 1 aliphatic heterocycles. The number of Topliss-reactive ketones (excluding diaryl/α,β-unsaturated/α-hetero) is 1. The van der Waals surface area contributed by atoms with Crippen molar-refractivity contribution >= 4 is 5.78 Å². The number of rotatable bonds is 4. The molecule has 0 N–H and O–H groups in total. The van der Waals surface area contributed by atoms with Crippen LogP contribution in [-0.2, 0) is 9.53 Å². The molecule has 1 heterocycles. The van der Waals surface area contributed by atoms with Gasteiger partial charge in [-0.1, -0.05) is 49.4 Å². The lowest BCUT2D eigenvalue weighted by Gasteiger charge is -2.25. The standard InChI is InChI=1S/C18H20O2/c1-4-13(3)11-15-17(5-2)20-12-16(18(15)19)14-9-7-6-8-10-14/h5-11,16H,2,4,12H2,1,3H3/b13-11+. The molecular formula is C18H20O2. The number of carbonyl (C=O) groups excluding carboxylic acids is 1. The van der Waals surface area contributed by atoms with E-state index < -0.39 is 0 Å². The molecule has 20 heavy (non-hydrogen) atoms. The van der Waals surface area contributed by atoms with Crippen LogP contribution in [0, 0.1) is 0 Å². The largest absolute Gasteiger partial charge is 0.492 e. The molecule has 0 aromatic heterocycles. The van der Waals surface area contributed by atoms with Crippen molar-refractivity contribution in [3.05, 3.63) is 71.5 Å². The minimum Gasteiger partial charge on any atom is -0.492 e. The minimum absolute atomic E-state index is 0.116. The van der Waals surface area contributed by atoms with Gasteiger partial charge in [-0.3, -0.25) is 4.79 Å². The van der Waals surface area contributed by atoms with Gasteiger partial charge < -0.3 is 4.74 Å². The van der Waals surface area contributed by atoms with Crippen molar-refractivity contribution in [1.29, 1.82) is 0 Å². The molecule has 2 rings (SSSR count). The quantitative estimate of drug-likeness (QED) is 0.819. The molecule has 0 fully saturated rings. The Morgan fingerprint density at radius 3 is 2.70 bits per heavy atom. The average molecular weight is 268 g/mol. The lowest BCUT2D eigenvalue weighted by molar-refractivity contribution is -0.119. The highest BCUT2D eigenvalue weighted by molar-refractivity contribution is 6.04. The smallest absolute Gasteiger partial charge is 0.177 e. The summed E-state index contributed by atoms with van der Waals surface area (Å²) in [4.78, 5) is 12.7. The molecule has 0 aliphatic carbocycles. The molecule has 2 nitrogen and oxygen atoms in total. The van der Waals surface area contributed by atoms with Gasteiger partial charge in [0.05, 0.1) is 11.5 Å². The maximum Gasteiger partial charge on any atom is 0.177 e. The Labute approximate surface area is 120 Å². The molecule has 1 unspecified atom stereocenters. The first kappa shape index (κ1) is 14.3. The second-order valence-corrected chi connectivity index (χ2v) is 4.96. The summed E-state index contributed by atoms with van der Waals surface area (Å²) in [7, 11) is 0. The van der Waals surface area contributed by atoms with Gasteiger partial charge in [0.25, 0.3) is 0 Å². The number of hydrogen-bond acceptors (Lipinski definition) is 2. The summed E-state index contributed by atoms with van der Waals surface area (Å²) in [5.41, 5.74) is 2.80. The van der Waals surface area contributed by atoms with Crippen molar-refractivity contribution in [1.82, 2.24) is 0 Å². The number of ketones is 1. The van der Waals surface area contributed by atoms with Gasteiger partial charge >= 0.3 is 0 Å². The zero-order chi connectivity index (χ0) is 14.5. The van der Waals surface area contributed by atoms with E-state index in [-0.39, 0.29) is 11.7 Å². The Bertz CT molecular complexity index is 564. The van der Waals surface area contributed by atoms with E-state index in [0.717, 1.165) is 17.6 Å². The van der Waals surface area contributed by atoms with Crippen LogP contribution in [0.4, 0.5) is 0 Å². The SMILES string of the molecule is C=CC1=C(/C=C(\C)CC)C(=O)C(c2ccccc2)CO1. The Hall–Kier alpha value is -2.09. The zero-order valence-electron chi connectivity index (χ0n) is 12.1. The van der Waals surface area contributed by atoms with Crippen LogP contribution < -0.4 is 0 Å². The molecule has 104 valence electrons. The molecule has 0 saturated carbocycles. The predicted octanol–water partition coefficient (Wildman–Crippen LogP) is 4.17. The van der Waals surface area contributed by atoms with Gasteiger partial charge in [-0.25, -0.2) is 0 Å². The fraction of sp³-hybridized carbons (Fsp3) is 0.278. The average Bonchev–Trinajstić information content (AvgIpc) is 2.49. The van der Waals surface area contributed by atoms with Crippen LogP contribution in [0.15, 0.2) is 66.0 Å². The van der Waals surface area contributed by atoms with Crippen LogP contribution in [0.25, 0.3) is 0 Å². The zero-order valence-corrected chi connectivity index (χ0v) is 12.1. The number of hydrogen-bond donors (Lipinski definition) is 0. The second kappa shape index (κ2) is 6.38. The van der Waals surface area contributed by atoms with Gasteiger partial charge in [-0.15, -0.1) is 0 Å². The number of allylic oxidation sites excluding steroid dienone is 4. The number of benzene rings is 1. The van der Waals surface area contributed by atoms with E-state index >= 15 is 0 Å². The van der Waals surface area contributed by atoms with Crippen molar-refractivity contribution in [2.24, 2.45) is 0 Å². The second-order valence-electron chi connectivity index (χ2n) is 4.96. The molecule has 1 aromatic rings. The van der Waals surface area contributed by atoms with Gasteiger partial charge in [0.2, 0.25) is 0 Å². The van der Waals surface area contributed by atoms with E-state index in [1.807, 2.05) is 43.3 Å². The Kier molecular flexibility index (Phi) is 4.57. The van der Waals surface area contributed by atoms with Crippen molar-refractivity contribution in [2.75, 3.05) is 6.61 Å². The molecule has 1 aliphatic rings. The van der Waals surface area contributed by atoms with Crippen molar-refractivity contribution in [3.8, 4) is 0 Å². The highest BCUT2D eigenvalue weighted by Gasteiger charge is 2.30. The van der Waals surface area contributed by atoms with Gasteiger partial charge in [-0.2, -0.15) is 0 Å². The first-order chi connectivity index (χ1) is 9.67. The highest BCUT2D eigenvalue weighted by Crippen LogP contribution is 2.30. The topological polar surface area (TPSA) is 26.3 Å². The number of carbonyl (C=O) groups is 1. The van der Waals surface area contributed by atoms with E-state index in [9.17, 15) is 4.79 Å². The van der Waals surface area contributed by atoms with Crippen molar-refractivity contribution in [2.45, 2.75) is 26.2 Å². The third kappa shape index (κ3) is 2.90. The molecule has 0 saturated heterocycles. The first-order valence-corrected chi connectivity index (χ1v) is 6.93. The molecular weight excluding hydrogens is 248 g/mol. The third-order valence-corrected chi connectivity index (χ3v) is 3.59. The molecule has 0 radical (unpaired) electrons. The molecule has 1 aromatic carbocycles. The van der Waals surface area contributed by atoms with Crippen LogP contribution in [0.3, 0.4) is 0 Å². The molecule has 2 heteroatoms. The summed E-state index contributed by atoms with van der Waals surface area (Å²) < 4.78 is 5.72. The van der Waals surface area contributed by atoms with Crippen molar-refractivity contribution in [3.63, 3.8) is 0 Å². The van der Waals surface area contributed by atoms with Crippen LogP contribution in [-0.4, -0.2) is 12.4 Å². The highest BCUT2D eigenvalue weighted by atomic mass is 16.5. The Morgan fingerprint density at radius 1 is 1.40 bits per heavy atom. The lowest BCUT2D eigenvalue weighted by atomic mass is 9.88. The van der Waals surface area contributed by atoms with Gasteiger partial charge in [0.15, 0.2) is 5.78 Å². The van der Waals surface area contributed by atoms with Crippen LogP contribution in [0.1, 0.15) is 31.7 Å². The minimum atomic E-state index is -0.226. The molecule has 0 amide bonds. The van der Waals surface area contributed by atoms with Crippen LogP contribution in [0.5, 0.6) is 0 Å². The third-order valence-electron chi connectivity index (χ3n) is 3.59. The first-order valence-electron chi connectivity index (χ1n) is 6.93. The van der Waals surface area contributed by atoms with E-state index in [4.69, 9.17) is 4.74 Å². The summed E-state index contributed by atoms with van der Waals surface area (Å²) in [6, 6.07) is 9.78. The van der Waals surface area contributed by atoms with Crippen LogP contribution >= 0.6 is 0 Å². The summed E-state index contributed by atoms with van der Waals surface area (Å²) in [6.45, 7) is 8.21. The Balaban J connectivity index is 2.39. The summed E-state index contributed by atoms with van der Waals surface area (Å²) in [5, 5.41) is 0. The van der Waals surface area contributed by atoms with Gasteiger partial charge in [-0.05, 0) is 31.1 Å². The van der Waals surface area contributed by atoms with Gasteiger partial charge in [0, 0.05) is 0 Å². The van der Waals surface area contributed by atoms with Crippen LogP contribution in [0.2, 0.25) is 0 Å². The van der Waals surface area contributed by atoms with E-state index in [2.05, 4.69) is 13.5 Å². The fourth-order valence-corrected chi connectivity index (χ4v) is 2.23. The lowest BCUT2D eigenvalue weighted by Crippen LogP contribution is -2.25. The Morgan fingerprint density at radius 2 is 2.10 bits per heavy atom. The molecule has 0 bridgehead atoms. The fourth-order valence-electron chi connectivity index (χ4n) is 2.23. The maximum atomic E-state index is 12.7. The van der Waals surface area contributed by atoms with E-state index in [0.29, 0.717) is 17.9 Å². The normalized spacial score (nSPS) is 19.8. The molecule has 0 spiro atoms. The van der Waals surface area contributed by atoms with Crippen molar-refractivity contribution < 1.29 is 9.53 Å².